The molecule has 4 aromatic heterocycles. The van der Waals surface area contributed by atoms with Crippen LogP contribution in [0.25, 0.3) is 22.3 Å². The van der Waals surface area contributed by atoms with Gasteiger partial charge in [-0.2, -0.15) is 9.97 Å². The van der Waals surface area contributed by atoms with Crippen LogP contribution in [-0.2, 0) is 18.8 Å². The number of alkyl halides is 2. The maximum atomic E-state index is 14.3. The molecule has 2 unspecified atom stereocenters. The van der Waals surface area contributed by atoms with E-state index in [-0.39, 0.29) is 34.2 Å². The van der Waals surface area contributed by atoms with Crippen molar-refractivity contribution in [1.82, 2.24) is 39.0 Å². The average molecular weight is 650 g/mol. The van der Waals surface area contributed by atoms with Gasteiger partial charge in [0.2, 0.25) is 11.9 Å². The fourth-order valence-corrected chi connectivity index (χ4v) is 4.82. The Morgan fingerprint density at radius 2 is 1.39 bits per heavy atom. The molecule has 2 aliphatic rings. The maximum absolute atomic E-state index is 14.3. The number of aromatic nitrogens is 8. The SMILES string of the molecule is Nc1nc2c(ncn2[C@@H]2O[C@H](CO)C(O)[C@@H]2F)c(=O)[nH]1.Nc1nc2c(ncn2[C@@H]2O[C@H](OCP(=O)(O)O)C(O)[C@@H]2F)c(=O)[nH]1. The largest absolute Gasteiger partial charge is 0.394 e. The summed E-state index contributed by atoms with van der Waals surface area (Å²) >= 11 is 0. The molecular weight excluding hydrogens is 625 g/mol. The van der Waals surface area contributed by atoms with Gasteiger partial charge in [0.05, 0.1) is 19.3 Å². The Kier molecular flexibility index (Phi) is 8.50. The van der Waals surface area contributed by atoms with Gasteiger partial charge >= 0.3 is 7.60 Å². The number of nitrogens with zero attached hydrogens (tertiary/aromatic N) is 6. The van der Waals surface area contributed by atoms with E-state index in [0.717, 1.165) is 10.9 Å². The standard InChI is InChI=1S/C10H13FN5O7P.C10H12FN5O4/c11-3-5(17)9(22-2-24(19,20)21)23-8(3)16-1-13-4-6(16)14-10(12)15-7(4)18;11-4-6(18)3(1-17)20-9(4)16-2-13-5-7(16)14-10(12)15-8(5)19/h1,3,5,8-9,17H,2H2,(H2,19,20,21)(H3,12,14,15,18);2-4,6,9,17-18H,1H2,(H3,12,14,15,19)/t3-,5?,8+,9-;3-,4+,6?,9-/m01/s1. The lowest BCUT2D eigenvalue weighted by atomic mass is 10.1. The molecule has 24 heteroatoms. The van der Waals surface area contributed by atoms with Crippen LogP contribution in [-0.4, -0.2) is 114 Å². The van der Waals surface area contributed by atoms with Crippen molar-refractivity contribution < 1.29 is 52.7 Å². The third-order valence-corrected chi connectivity index (χ3v) is 6.97. The number of nitrogen functional groups attached to an aromatic ring is 2. The molecule has 2 saturated heterocycles. The van der Waals surface area contributed by atoms with Crippen LogP contribution < -0.4 is 22.6 Å². The van der Waals surface area contributed by atoms with E-state index in [0.29, 0.717) is 0 Å². The normalized spacial score (nSPS) is 28.9. The summed E-state index contributed by atoms with van der Waals surface area (Å²) in [6.07, 6.45) is -11.3. The Hall–Kier alpha value is -3.93. The van der Waals surface area contributed by atoms with Crippen LogP contribution >= 0.6 is 7.60 Å². The highest BCUT2D eigenvalue weighted by Gasteiger charge is 2.47. The summed E-state index contributed by atoms with van der Waals surface area (Å²) in [5, 5.41) is 28.4. The molecule has 2 fully saturated rings. The minimum atomic E-state index is -4.53. The number of H-pyrrole nitrogens is 2. The second-order valence-corrected chi connectivity index (χ2v) is 11.1. The van der Waals surface area contributed by atoms with Gasteiger partial charge in [0.15, 0.2) is 59.8 Å². The lowest BCUT2D eigenvalue weighted by molar-refractivity contribution is -0.167. The molecule has 21 nitrogen and oxygen atoms in total. The number of aliphatic hydroxyl groups is 3. The van der Waals surface area contributed by atoms with E-state index >= 15 is 0 Å². The van der Waals surface area contributed by atoms with Crippen molar-refractivity contribution in [3.63, 3.8) is 0 Å². The molecule has 240 valence electrons. The number of nitrogens with two attached hydrogens (primary N) is 2. The molecule has 0 radical (unpaired) electrons. The summed E-state index contributed by atoms with van der Waals surface area (Å²) in [6, 6.07) is 0. The van der Waals surface area contributed by atoms with Crippen LogP contribution in [0, 0.1) is 0 Å². The van der Waals surface area contributed by atoms with E-state index in [2.05, 4.69) is 29.9 Å². The van der Waals surface area contributed by atoms with Gasteiger partial charge in [0.25, 0.3) is 11.1 Å². The summed E-state index contributed by atoms with van der Waals surface area (Å²) in [5.74, 6) is -0.366. The molecule has 44 heavy (non-hydrogen) atoms. The first-order chi connectivity index (χ1) is 20.7. The summed E-state index contributed by atoms with van der Waals surface area (Å²) in [7, 11) is -4.53. The van der Waals surface area contributed by atoms with Crippen LogP contribution in [0.1, 0.15) is 12.5 Å². The average Bonchev–Trinajstić information content (AvgIpc) is 3.69. The highest BCUT2D eigenvalue weighted by atomic mass is 31.2. The first-order valence-electron chi connectivity index (χ1n) is 12.4. The van der Waals surface area contributed by atoms with Gasteiger partial charge in [0, 0.05) is 0 Å². The van der Waals surface area contributed by atoms with Crippen LogP contribution in [0.3, 0.4) is 0 Å². The Labute approximate surface area is 241 Å². The number of aliphatic hydroxyl groups excluding tert-OH is 3. The number of anilines is 2. The van der Waals surface area contributed by atoms with E-state index < -0.39 is 81.1 Å². The van der Waals surface area contributed by atoms with Gasteiger partial charge in [0.1, 0.15) is 18.3 Å². The lowest BCUT2D eigenvalue weighted by Crippen LogP contribution is -2.30. The monoisotopic (exact) mass is 650 g/mol. The molecule has 6 rings (SSSR count). The first-order valence-corrected chi connectivity index (χ1v) is 14.2. The molecule has 0 bridgehead atoms. The van der Waals surface area contributed by atoms with Crippen molar-refractivity contribution in [1.29, 1.82) is 0 Å². The molecule has 0 aromatic carbocycles. The highest BCUT2D eigenvalue weighted by molar-refractivity contribution is 7.51. The molecule has 6 heterocycles. The van der Waals surface area contributed by atoms with Crippen molar-refractivity contribution in [2.24, 2.45) is 0 Å². The van der Waals surface area contributed by atoms with E-state index in [1.165, 1.54) is 10.9 Å². The topological polar surface area (TPSA) is 325 Å². The number of aromatic amines is 2. The van der Waals surface area contributed by atoms with Crippen LogP contribution in [0.15, 0.2) is 22.2 Å². The Morgan fingerprint density at radius 3 is 1.84 bits per heavy atom. The Balaban J connectivity index is 0.000000177. The molecule has 0 saturated carbocycles. The van der Waals surface area contributed by atoms with Gasteiger partial charge < -0.3 is 50.8 Å². The number of rotatable bonds is 6. The predicted octanol–water partition coefficient (Wildman–Crippen LogP) is -3.30. The minimum Gasteiger partial charge on any atom is -0.394 e. The van der Waals surface area contributed by atoms with Gasteiger partial charge in [-0.25, -0.2) is 18.7 Å². The van der Waals surface area contributed by atoms with Crippen LogP contribution in [0.5, 0.6) is 0 Å². The van der Waals surface area contributed by atoms with Gasteiger partial charge in [-0.1, -0.05) is 0 Å². The fourth-order valence-electron chi connectivity index (χ4n) is 4.48. The van der Waals surface area contributed by atoms with Crippen LogP contribution in [0.4, 0.5) is 20.7 Å². The minimum absolute atomic E-state index is 0.0167. The summed E-state index contributed by atoms with van der Waals surface area (Å²) < 4.78 is 56.4. The van der Waals surface area contributed by atoms with Gasteiger partial charge in [-0.15, -0.1) is 0 Å². The highest BCUT2D eigenvalue weighted by Crippen LogP contribution is 2.39. The van der Waals surface area contributed by atoms with E-state index in [1.54, 1.807) is 0 Å². The second kappa shape index (κ2) is 11.9. The number of ether oxygens (including phenoxy) is 3. The zero-order valence-corrected chi connectivity index (χ0v) is 22.8. The molecule has 11 N–H and O–H groups in total. The summed E-state index contributed by atoms with van der Waals surface area (Å²) in [6.45, 7) is -0.527. The smallest absolute Gasteiger partial charge is 0.351 e. The number of imidazole rings is 2. The van der Waals surface area contributed by atoms with Crippen molar-refractivity contribution in [2.45, 2.75) is 49.4 Å². The molecule has 8 atom stereocenters. The zero-order chi connectivity index (χ0) is 32.1. The van der Waals surface area contributed by atoms with Crippen molar-refractivity contribution >= 4 is 41.8 Å². The van der Waals surface area contributed by atoms with E-state index in [1.807, 2.05) is 0 Å². The lowest BCUT2D eigenvalue weighted by Gasteiger charge is -2.16. The molecule has 0 amide bonds. The summed E-state index contributed by atoms with van der Waals surface area (Å²) in [4.78, 5) is 60.7. The van der Waals surface area contributed by atoms with Crippen molar-refractivity contribution in [3.8, 4) is 0 Å². The first kappa shape index (κ1) is 31.5. The third-order valence-electron chi connectivity index (χ3n) is 6.48. The van der Waals surface area contributed by atoms with Gasteiger partial charge in [-0.3, -0.25) is 33.3 Å². The third kappa shape index (κ3) is 5.91. The number of fused-ring (bicyclic) bond motifs is 2. The Morgan fingerprint density at radius 1 is 0.909 bits per heavy atom. The van der Waals surface area contributed by atoms with Crippen molar-refractivity contribution in [3.05, 3.63) is 33.4 Å². The van der Waals surface area contributed by atoms with Crippen molar-refractivity contribution in [2.75, 3.05) is 24.4 Å². The maximum Gasteiger partial charge on any atom is 0.351 e. The zero-order valence-electron chi connectivity index (χ0n) is 21.9. The fraction of sp³-hybridized carbons (Fsp3) is 0.500. The number of halogens is 2. The molecule has 2 aliphatic heterocycles. The van der Waals surface area contributed by atoms with Crippen LogP contribution in [0.2, 0.25) is 0 Å². The Bertz CT molecular complexity index is 1830. The molecular formula is C20H25F2N10O11P. The number of hydrogen-bond donors (Lipinski definition) is 9. The van der Waals surface area contributed by atoms with Gasteiger partial charge in [-0.05, 0) is 0 Å². The summed E-state index contributed by atoms with van der Waals surface area (Å²) in [5.41, 5.74) is 9.51. The number of nitrogens with one attached hydrogen (secondary N) is 2. The predicted molar refractivity (Wildman–Crippen MR) is 140 cm³/mol. The molecule has 0 aliphatic carbocycles. The molecule has 4 aromatic rings. The second-order valence-electron chi connectivity index (χ2n) is 9.52. The van der Waals surface area contributed by atoms with E-state index in [9.17, 15) is 33.1 Å². The van der Waals surface area contributed by atoms with E-state index in [4.69, 9.17) is 40.6 Å². The quantitative estimate of drug-likeness (QED) is 0.0922. The molecule has 0 spiro atoms. The number of hydrogen-bond acceptors (Lipinski definition) is 15.